The number of esters is 2. The van der Waals surface area contributed by atoms with E-state index in [1.165, 1.54) is 31.6 Å². The normalized spacial score (nSPS) is 15.7. The molecule has 0 unspecified atom stereocenters. The molecule has 0 fully saturated rings. The predicted octanol–water partition coefficient (Wildman–Crippen LogP) is 2.86. The number of carbonyl (C=O) groups excluding carboxylic acids is 3. The molecule has 9 heteroatoms. The summed E-state index contributed by atoms with van der Waals surface area (Å²) in [6.07, 6.45) is 2.81. The Bertz CT molecular complexity index is 1010. The van der Waals surface area contributed by atoms with Crippen LogP contribution in [0, 0.1) is 0 Å². The number of allylic oxidation sites excluding steroid dienone is 1. The predicted molar refractivity (Wildman–Crippen MR) is 105 cm³/mol. The van der Waals surface area contributed by atoms with E-state index >= 15 is 0 Å². The molecule has 2 heterocycles. The summed E-state index contributed by atoms with van der Waals surface area (Å²) >= 11 is 0. The van der Waals surface area contributed by atoms with Gasteiger partial charge in [-0.25, -0.2) is 14.4 Å². The van der Waals surface area contributed by atoms with E-state index in [0.29, 0.717) is 11.3 Å². The first-order chi connectivity index (χ1) is 14.4. The summed E-state index contributed by atoms with van der Waals surface area (Å²) < 4.78 is 20.8. The van der Waals surface area contributed by atoms with E-state index in [9.17, 15) is 14.4 Å². The maximum absolute atomic E-state index is 12.5. The van der Waals surface area contributed by atoms with Crippen LogP contribution in [0.4, 0.5) is 4.79 Å². The van der Waals surface area contributed by atoms with E-state index in [1.54, 1.807) is 25.1 Å². The van der Waals surface area contributed by atoms with Crippen molar-refractivity contribution in [3.63, 3.8) is 0 Å². The molecule has 0 saturated heterocycles. The highest BCUT2D eigenvalue weighted by Gasteiger charge is 2.32. The van der Waals surface area contributed by atoms with Crippen molar-refractivity contribution in [2.24, 2.45) is 0 Å². The maximum Gasteiger partial charge on any atom is 0.379 e. The van der Waals surface area contributed by atoms with Crippen LogP contribution in [0.25, 0.3) is 0 Å². The zero-order valence-electron chi connectivity index (χ0n) is 16.4. The number of ether oxygens (including phenoxy) is 3. The SMILES string of the molecule is C=CCOC(=O)C1=C(C)NC(=O)N[C@H]1c1ccc(OC(=O)c2ccco2)c(OC)c1. The lowest BCUT2D eigenvalue weighted by Crippen LogP contribution is -2.45. The number of furan rings is 1. The Labute approximate surface area is 172 Å². The first-order valence-corrected chi connectivity index (χ1v) is 8.94. The molecule has 1 aromatic carbocycles. The smallest absolute Gasteiger partial charge is 0.379 e. The van der Waals surface area contributed by atoms with Crippen molar-refractivity contribution < 1.29 is 33.0 Å². The van der Waals surface area contributed by atoms with Crippen LogP contribution in [0.5, 0.6) is 11.5 Å². The topological polar surface area (TPSA) is 116 Å². The van der Waals surface area contributed by atoms with E-state index in [1.807, 2.05) is 0 Å². The van der Waals surface area contributed by atoms with Crippen LogP contribution >= 0.6 is 0 Å². The largest absolute Gasteiger partial charge is 0.493 e. The van der Waals surface area contributed by atoms with Gasteiger partial charge >= 0.3 is 18.0 Å². The number of carbonyl (C=O) groups is 3. The van der Waals surface area contributed by atoms with Crippen molar-refractivity contribution in [2.45, 2.75) is 13.0 Å². The van der Waals surface area contributed by atoms with Gasteiger partial charge in [0.25, 0.3) is 0 Å². The molecule has 2 N–H and O–H groups in total. The molecular weight excluding hydrogens is 392 g/mol. The third-order valence-corrected chi connectivity index (χ3v) is 4.27. The van der Waals surface area contributed by atoms with Crippen molar-refractivity contribution in [1.29, 1.82) is 0 Å². The summed E-state index contributed by atoms with van der Waals surface area (Å²) in [5.41, 5.74) is 1.13. The molecule has 0 spiro atoms. The molecule has 0 saturated carbocycles. The molecule has 1 atom stereocenters. The molecule has 2 aromatic rings. The number of hydrogen-bond donors (Lipinski definition) is 2. The lowest BCUT2D eigenvalue weighted by atomic mass is 9.95. The zero-order valence-corrected chi connectivity index (χ0v) is 16.4. The van der Waals surface area contributed by atoms with Gasteiger partial charge in [0, 0.05) is 5.70 Å². The lowest BCUT2D eigenvalue weighted by molar-refractivity contribution is -0.138. The molecule has 1 aliphatic rings. The Balaban J connectivity index is 1.92. The Hall–Kier alpha value is -4.01. The highest BCUT2D eigenvalue weighted by molar-refractivity contribution is 5.95. The minimum Gasteiger partial charge on any atom is -0.493 e. The number of nitrogens with one attached hydrogen (secondary N) is 2. The van der Waals surface area contributed by atoms with E-state index in [0.717, 1.165) is 0 Å². The average molecular weight is 412 g/mol. The first kappa shape index (κ1) is 20.7. The highest BCUT2D eigenvalue weighted by atomic mass is 16.6. The quantitative estimate of drug-likeness (QED) is 0.408. The van der Waals surface area contributed by atoms with Crippen LogP contribution in [-0.2, 0) is 9.53 Å². The van der Waals surface area contributed by atoms with Gasteiger partial charge < -0.3 is 29.3 Å². The number of methoxy groups -OCH3 is 1. The lowest BCUT2D eigenvalue weighted by Gasteiger charge is -2.28. The number of amides is 2. The molecule has 3 rings (SSSR count). The van der Waals surface area contributed by atoms with E-state index in [2.05, 4.69) is 17.2 Å². The van der Waals surface area contributed by atoms with Gasteiger partial charge in [-0.3, -0.25) is 0 Å². The van der Waals surface area contributed by atoms with Crippen LogP contribution in [0.1, 0.15) is 29.1 Å². The van der Waals surface area contributed by atoms with Gasteiger partial charge in [-0.15, -0.1) is 0 Å². The van der Waals surface area contributed by atoms with Gasteiger partial charge in [-0.2, -0.15) is 0 Å². The molecule has 1 aliphatic heterocycles. The van der Waals surface area contributed by atoms with Gasteiger partial charge in [0.2, 0.25) is 5.76 Å². The van der Waals surface area contributed by atoms with Gasteiger partial charge in [0.05, 0.1) is 25.0 Å². The Morgan fingerprint density at radius 3 is 2.70 bits per heavy atom. The van der Waals surface area contributed by atoms with Gasteiger partial charge in [-0.1, -0.05) is 18.7 Å². The molecule has 1 aromatic heterocycles. The summed E-state index contributed by atoms with van der Waals surface area (Å²) in [6.45, 7) is 5.15. The summed E-state index contributed by atoms with van der Waals surface area (Å²) in [5.74, 6) is -0.864. The molecule has 0 radical (unpaired) electrons. The fourth-order valence-electron chi connectivity index (χ4n) is 2.92. The minimum absolute atomic E-state index is 0.0290. The van der Waals surface area contributed by atoms with Crippen LogP contribution < -0.4 is 20.1 Å². The molecule has 0 aliphatic carbocycles. The fourth-order valence-corrected chi connectivity index (χ4v) is 2.92. The third-order valence-electron chi connectivity index (χ3n) is 4.27. The van der Waals surface area contributed by atoms with Gasteiger partial charge in [-0.05, 0) is 36.8 Å². The summed E-state index contributed by atoms with van der Waals surface area (Å²) in [4.78, 5) is 36.7. The summed E-state index contributed by atoms with van der Waals surface area (Å²) in [7, 11) is 1.41. The number of rotatable bonds is 7. The Morgan fingerprint density at radius 2 is 2.03 bits per heavy atom. The summed E-state index contributed by atoms with van der Waals surface area (Å²) in [6, 6.07) is 6.46. The van der Waals surface area contributed by atoms with Gasteiger partial charge in [0.1, 0.15) is 6.61 Å². The van der Waals surface area contributed by atoms with Crippen molar-refractivity contribution in [1.82, 2.24) is 10.6 Å². The Kier molecular flexibility index (Phi) is 6.21. The summed E-state index contributed by atoms with van der Waals surface area (Å²) in [5, 5.41) is 5.25. The molecule has 9 nitrogen and oxygen atoms in total. The zero-order chi connectivity index (χ0) is 21.7. The second-order valence-electron chi connectivity index (χ2n) is 6.23. The van der Waals surface area contributed by atoms with Gasteiger partial charge in [0.15, 0.2) is 11.5 Å². The van der Waals surface area contributed by atoms with Crippen molar-refractivity contribution in [2.75, 3.05) is 13.7 Å². The first-order valence-electron chi connectivity index (χ1n) is 8.94. The minimum atomic E-state index is -0.792. The van der Waals surface area contributed by atoms with Crippen LogP contribution in [0.15, 0.2) is 64.9 Å². The van der Waals surface area contributed by atoms with Crippen LogP contribution in [-0.4, -0.2) is 31.7 Å². The van der Waals surface area contributed by atoms with Crippen molar-refractivity contribution >= 4 is 18.0 Å². The maximum atomic E-state index is 12.5. The fraction of sp³-hybridized carbons (Fsp3) is 0.190. The monoisotopic (exact) mass is 412 g/mol. The van der Waals surface area contributed by atoms with Crippen LogP contribution in [0.3, 0.4) is 0 Å². The third kappa shape index (κ3) is 4.35. The molecule has 0 bridgehead atoms. The van der Waals surface area contributed by atoms with E-state index < -0.39 is 24.0 Å². The van der Waals surface area contributed by atoms with Crippen LogP contribution in [0.2, 0.25) is 0 Å². The molecule has 2 amide bonds. The molecular formula is C21H20N2O7. The number of hydrogen-bond acceptors (Lipinski definition) is 7. The standard InChI is InChI=1S/C21H20N2O7/c1-4-9-29-20(25)17-12(2)22-21(26)23-18(17)13-7-8-14(16(11-13)27-3)30-19(24)15-6-5-10-28-15/h4-8,10-11,18H,1,9H2,2-3H3,(H2,22,23,26)/t18-/m0/s1. The van der Waals surface area contributed by atoms with E-state index in [4.69, 9.17) is 18.6 Å². The highest BCUT2D eigenvalue weighted by Crippen LogP contribution is 2.35. The molecule has 30 heavy (non-hydrogen) atoms. The Morgan fingerprint density at radius 1 is 1.23 bits per heavy atom. The van der Waals surface area contributed by atoms with E-state index in [-0.39, 0.29) is 29.4 Å². The average Bonchev–Trinajstić information content (AvgIpc) is 3.26. The molecule has 156 valence electrons. The number of benzene rings is 1. The van der Waals surface area contributed by atoms with Crippen molar-refractivity contribution in [3.8, 4) is 11.5 Å². The second-order valence-corrected chi connectivity index (χ2v) is 6.23. The van der Waals surface area contributed by atoms with Crippen molar-refractivity contribution in [3.05, 3.63) is 71.8 Å². The second kappa shape index (κ2) is 8.99. The number of urea groups is 1.